The van der Waals surface area contributed by atoms with Crippen LogP contribution in [0.25, 0.3) is 16.7 Å². The molecule has 2 heterocycles. The van der Waals surface area contributed by atoms with Gasteiger partial charge in [-0.3, -0.25) is 14.2 Å². The summed E-state index contributed by atoms with van der Waals surface area (Å²) in [4.78, 5) is 34.2. The van der Waals surface area contributed by atoms with Crippen LogP contribution in [0.3, 0.4) is 0 Å². The number of anilines is 1. The normalized spacial score (nSPS) is 10.7. The van der Waals surface area contributed by atoms with Crippen LogP contribution in [0.2, 0.25) is 0 Å². The van der Waals surface area contributed by atoms with E-state index in [1.807, 2.05) is 0 Å². The number of aromatic nitrogens is 3. The average Bonchev–Trinajstić information content (AvgIpc) is 2.79. The van der Waals surface area contributed by atoms with E-state index in [0.717, 1.165) is 0 Å². The zero-order valence-corrected chi connectivity index (χ0v) is 17.2. The zero-order valence-electron chi connectivity index (χ0n) is 17.2. The van der Waals surface area contributed by atoms with Gasteiger partial charge in [0, 0.05) is 18.0 Å². The standard InChI is InChI=1S/C23H20N4O4/c1-14-25-21-19(5-4-12-24-21)23(29)27(14)16-8-6-15(7-9-16)26-22(28)18-11-10-17(30-2)13-20(18)31-3/h4-13H,1-3H3,(H,26,28). The number of amides is 1. The smallest absolute Gasteiger partial charge is 0.267 e. The molecule has 0 radical (unpaired) electrons. The van der Waals surface area contributed by atoms with Gasteiger partial charge in [0.2, 0.25) is 0 Å². The minimum atomic E-state index is -0.320. The largest absolute Gasteiger partial charge is 0.497 e. The lowest BCUT2D eigenvalue weighted by Gasteiger charge is -2.13. The molecule has 31 heavy (non-hydrogen) atoms. The van der Waals surface area contributed by atoms with Crippen LogP contribution in [0.5, 0.6) is 11.5 Å². The Labute approximate surface area is 178 Å². The lowest BCUT2D eigenvalue weighted by Crippen LogP contribution is -2.22. The molecule has 0 saturated heterocycles. The van der Waals surface area contributed by atoms with Gasteiger partial charge in [0.1, 0.15) is 17.3 Å². The van der Waals surface area contributed by atoms with Gasteiger partial charge >= 0.3 is 0 Å². The Morgan fingerprint density at radius 1 is 1.03 bits per heavy atom. The molecule has 8 nitrogen and oxygen atoms in total. The van der Waals surface area contributed by atoms with E-state index in [1.165, 1.54) is 11.7 Å². The number of benzene rings is 2. The molecule has 4 aromatic rings. The highest BCUT2D eigenvalue weighted by Crippen LogP contribution is 2.25. The summed E-state index contributed by atoms with van der Waals surface area (Å²) in [6.45, 7) is 1.75. The van der Waals surface area contributed by atoms with Gasteiger partial charge in [-0.25, -0.2) is 9.97 Å². The first kappa shape index (κ1) is 20.1. The van der Waals surface area contributed by atoms with Crippen LogP contribution in [0.4, 0.5) is 5.69 Å². The van der Waals surface area contributed by atoms with Gasteiger partial charge in [0.25, 0.3) is 11.5 Å². The predicted molar refractivity (Wildman–Crippen MR) is 117 cm³/mol. The van der Waals surface area contributed by atoms with E-state index in [0.29, 0.717) is 45.3 Å². The second kappa shape index (κ2) is 8.27. The Morgan fingerprint density at radius 2 is 1.81 bits per heavy atom. The summed E-state index contributed by atoms with van der Waals surface area (Å²) in [7, 11) is 3.04. The molecule has 2 aromatic carbocycles. The van der Waals surface area contributed by atoms with Crippen LogP contribution in [0.1, 0.15) is 16.2 Å². The van der Waals surface area contributed by atoms with E-state index >= 15 is 0 Å². The molecule has 2 aromatic heterocycles. The van der Waals surface area contributed by atoms with Crippen LogP contribution in [0.15, 0.2) is 65.6 Å². The highest BCUT2D eigenvalue weighted by Gasteiger charge is 2.14. The fourth-order valence-corrected chi connectivity index (χ4v) is 3.31. The average molecular weight is 416 g/mol. The van der Waals surface area contributed by atoms with Crippen molar-refractivity contribution in [2.24, 2.45) is 0 Å². The number of hydrogen-bond donors (Lipinski definition) is 1. The molecule has 4 rings (SSSR count). The van der Waals surface area contributed by atoms with Gasteiger partial charge in [0.05, 0.1) is 30.9 Å². The first-order valence-electron chi connectivity index (χ1n) is 9.50. The van der Waals surface area contributed by atoms with Crippen molar-refractivity contribution < 1.29 is 14.3 Å². The number of nitrogens with zero attached hydrogens (tertiary/aromatic N) is 3. The molecule has 0 spiro atoms. The number of carbonyl (C=O) groups is 1. The quantitative estimate of drug-likeness (QED) is 0.536. The molecule has 0 fully saturated rings. The molecule has 1 amide bonds. The summed E-state index contributed by atoms with van der Waals surface area (Å²) in [6.07, 6.45) is 1.60. The number of carbonyl (C=O) groups excluding carboxylic acids is 1. The van der Waals surface area contributed by atoms with Gasteiger partial charge in [-0.2, -0.15) is 0 Å². The van der Waals surface area contributed by atoms with E-state index in [9.17, 15) is 9.59 Å². The summed E-state index contributed by atoms with van der Waals surface area (Å²) in [5, 5.41) is 3.28. The third-order valence-corrected chi connectivity index (χ3v) is 4.85. The zero-order chi connectivity index (χ0) is 22.0. The molecular weight excluding hydrogens is 396 g/mol. The van der Waals surface area contributed by atoms with Gasteiger partial charge < -0.3 is 14.8 Å². The Morgan fingerprint density at radius 3 is 2.52 bits per heavy atom. The number of rotatable bonds is 5. The lowest BCUT2D eigenvalue weighted by atomic mass is 10.1. The van der Waals surface area contributed by atoms with Crippen molar-refractivity contribution in [3.8, 4) is 17.2 Å². The summed E-state index contributed by atoms with van der Waals surface area (Å²) < 4.78 is 12.0. The molecule has 0 aliphatic rings. The Bertz CT molecular complexity index is 1330. The van der Waals surface area contributed by atoms with Gasteiger partial charge in [-0.1, -0.05) is 0 Å². The number of nitrogens with one attached hydrogen (secondary N) is 1. The molecule has 0 aliphatic carbocycles. The Balaban J connectivity index is 1.62. The molecule has 0 unspecified atom stereocenters. The molecule has 0 atom stereocenters. The highest BCUT2D eigenvalue weighted by molar-refractivity contribution is 6.06. The van der Waals surface area contributed by atoms with Crippen molar-refractivity contribution in [1.82, 2.24) is 14.5 Å². The number of methoxy groups -OCH3 is 2. The number of pyridine rings is 1. The molecule has 8 heteroatoms. The number of ether oxygens (including phenoxy) is 2. The maximum atomic E-state index is 12.9. The third kappa shape index (κ3) is 3.83. The molecule has 0 saturated carbocycles. The molecular formula is C23H20N4O4. The fourth-order valence-electron chi connectivity index (χ4n) is 3.31. The van der Waals surface area contributed by atoms with Crippen LogP contribution < -0.4 is 20.3 Å². The van der Waals surface area contributed by atoms with E-state index in [2.05, 4.69) is 15.3 Å². The second-order valence-corrected chi connectivity index (χ2v) is 6.74. The van der Waals surface area contributed by atoms with Crippen molar-refractivity contribution in [2.45, 2.75) is 6.92 Å². The molecule has 1 N–H and O–H groups in total. The lowest BCUT2D eigenvalue weighted by molar-refractivity contribution is 0.102. The summed E-state index contributed by atoms with van der Waals surface area (Å²) in [6, 6.07) is 15.3. The molecule has 0 aliphatic heterocycles. The Hall–Kier alpha value is -4.20. The van der Waals surface area contributed by atoms with Gasteiger partial charge in [0.15, 0.2) is 5.65 Å². The second-order valence-electron chi connectivity index (χ2n) is 6.74. The van der Waals surface area contributed by atoms with Crippen molar-refractivity contribution in [3.63, 3.8) is 0 Å². The molecule has 0 bridgehead atoms. The van der Waals surface area contributed by atoms with Crippen molar-refractivity contribution in [2.75, 3.05) is 19.5 Å². The topological polar surface area (TPSA) is 95.3 Å². The first-order chi connectivity index (χ1) is 15.0. The van der Waals surface area contributed by atoms with Crippen LogP contribution in [-0.2, 0) is 0 Å². The van der Waals surface area contributed by atoms with E-state index < -0.39 is 0 Å². The number of hydrogen-bond acceptors (Lipinski definition) is 6. The van der Waals surface area contributed by atoms with E-state index in [-0.39, 0.29) is 11.5 Å². The summed E-state index contributed by atoms with van der Waals surface area (Å²) >= 11 is 0. The van der Waals surface area contributed by atoms with E-state index in [1.54, 1.807) is 74.8 Å². The van der Waals surface area contributed by atoms with Crippen molar-refractivity contribution in [1.29, 1.82) is 0 Å². The fraction of sp³-hybridized carbons (Fsp3) is 0.130. The minimum absolute atomic E-state index is 0.199. The summed E-state index contributed by atoms with van der Waals surface area (Å²) in [5.41, 5.74) is 1.81. The van der Waals surface area contributed by atoms with Crippen LogP contribution in [0, 0.1) is 6.92 Å². The third-order valence-electron chi connectivity index (χ3n) is 4.85. The monoisotopic (exact) mass is 416 g/mol. The summed E-state index contributed by atoms with van der Waals surface area (Å²) in [5.74, 6) is 1.21. The van der Waals surface area contributed by atoms with Crippen LogP contribution >= 0.6 is 0 Å². The Kier molecular flexibility index (Phi) is 5.36. The maximum Gasteiger partial charge on any atom is 0.267 e. The van der Waals surface area contributed by atoms with Crippen molar-refractivity contribution in [3.05, 3.63) is 82.5 Å². The van der Waals surface area contributed by atoms with E-state index in [4.69, 9.17) is 9.47 Å². The molecule has 156 valence electrons. The van der Waals surface area contributed by atoms with Crippen molar-refractivity contribution >= 4 is 22.6 Å². The SMILES string of the molecule is COc1ccc(C(=O)Nc2ccc(-n3c(C)nc4ncccc4c3=O)cc2)c(OC)c1. The predicted octanol–water partition coefficient (Wildman–Crippen LogP) is 3.36. The highest BCUT2D eigenvalue weighted by atomic mass is 16.5. The first-order valence-corrected chi connectivity index (χ1v) is 9.50. The van der Waals surface area contributed by atoms with Gasteiger partial charge in [-0.15, -0.1) is 0 Å². The maximum absolute atomic E-state index is 12.9. The number of aryl methyl sites for hydroxylation is 1. The number of fused-ring (bicyclic) bond motifs is 1. The minimum Gasteiger partial charge on any atom is -0.497 e. The van der Waals surface area contributed by atoms with Gasteiger partial charge in [-0.05, 0) is 55.5 Å². The van der Waals surface area contributed by atoms with Crippen LogP contribution in [-0.4, -0.2) is 34.7 Å².